The number of fused-ring (bicyclic) bond motifs is 1. The van der Waals surface area contributed by atoms with Crippen molar-refractivity contribution >= 4 is 45.1 Å². The zero-order valence-corrected chi connectivity index (χ0v) is 25.0. The third-order valence-electron chi connectivity index (χ3n) is 7.12. The Bertz CT molecular complexity index is 1310. The van der Waals surface area contributed by atoms with E-state index in [-0.39, 0.29) is 0 Å². The molecule has 1 aromatic heterocycles. The first-order valence-electron chi connectivity index (χ1n) is 13.5. The van der Waals surface area contributed by atoms with Crippen molar-refractivity contribution in [2.75, 3.05) is 69.8 Å². The molecule has 2 atom stereocenters. The summed E-state index contributed by atoms with van der Waals surface area (Å²) in [6.45, 7) is 3.98. The third kappa shape index (κ3) is 7.78. The minimum atomic E-state index is -1.07. The highest BCUT2D eigenvalue weighted by atomic mass is 35.5. The Labute approximate surface area is 245 Å². The first-order chi connectivity index (χ1) is 19.4. The van der Waals surface area contributed by atoms with Crippen LogP contribution in [0, 0.1) is 11.8 Å². The number of hydrogen-bond acceptors (Lipinski definition) is 7. The molecular formula is C30H39ClN4O4S. The molecular weight excluding hydrogens is 548 g/mol. The van der Waals surface area contributed by atoms with E-state index in [0.29, 0.717) is 43.9 Å². The van der Waals surface area contributed by atoms with Crippen molar-refractivity contribution in [1.29, 1.82) is 0 Å². The van der Waals surface area contributed by atoms with E-state index in [0.717, 1.165) is 58.8 Å². The molecule has 3 aromatic rings. The van der Waals surface area contributed by atoms with Gasteiger partial charge in [0.2, 0.25) is 0 Å². The number of aliphatic hydroxyl groups is 1. The Morgan fingerprint density at radius 2 is 1.98 bits per heavy atom. The van der Waals surface area contributed by atoms with Crippen LogP contribution in [0.15, 0.2) is 47.4 Å². The molecule has 1 saturated heterocycles. The highest BCUT2D eigenvalue weighted by Gasteiger charge is 2.22. The number of aromatic nitrogens is 1. The number of nitrogens with one attached hydrogen (secondary N) is 2. The van der Waals surface area contributed by atoms with Gasteiger partial charge in [0.1, 0.15) is 12.0 Å². The fraction of sp³-hybridized carbons (Fsp3) is 0.467. The van der Waals surface area contributed by atoms with Crippen molar-refractivity contribution < 1.29 is 19.1 Å². The third-order valence-corrected chi connectivity index (χ3v) is 8.20. The van der Waals surface area contributed by atoms with Crippen LogP contribution in [0.4, 0.5) is 11.4 Å². The number of nitrogens with zero attached hydrogens (tertiary/aromatic N) is 2. The fourth-order valence-corrected chi connectivity index (χ4v) is 5.83. The monoisotopic (exact) mass is 586 g/mol. The number of piperidine rings is 1. The van der Waals surface area contributed by atoms with Crippen molar-refractivity contribution in [1.82, 2.24) is 9.47 Å². The van der Waals surface area contributed by atoms with Gasteiger partial charge < -0.3 is 39.2 Å². The second kappa shape index (κ2) is 14.9. The van der Waals surface area contributed by atoms with E-state index in [1.807, 2.05) is 12.1 Å². The Morgan fingerprint density at radius 1 is 1.18 bits per heavy atom. The molecule has 8 nitrogen and oxygen atoms in total. The van der Waals surface area contributed by atoms with Crippen molar-refractivity contribution in [2.24, 2.45) is 0 Å². The number of alkyl halides is 1. The molecule has 10 heteroatoms. The van der Waals surface area contributed by atoms with Crippen LogP contribution < -0.4 is 15.4 Å². The van der Waals surface area contributed by atoms with Gasteiger partial charge in [-0.25, -0.2) is 0 Å². The number of benzene rings is 2. The van der Waals surface area contributed by atoms with Crippen LogP contribution in [0.1, 0.15) is 18.5 Å². The summed E-state index contributed by atoms with van der Waals surface area (Å²) in [5.41, 5.74) is 3.92. The Balaban J connectivity index is 1.45. The predicted molar refractivity (Wildman–Crippen MR) is 164 cm³/mol. The highest BCUT2D eigenvalue weighted by molar-refractivity contribution is 7.90. The standard InChI is InChI=1S/C30H39ClN4O4S/c1-38-21-24(36)20-34-15-11-22(12-16-34)33-27-7-4-8-29-26(27)18-23(35(29)17-13-31)6-5-14-32-28-10-9-25(40(3)37)19-30(28)39-2/h4,7-10,18-19,22,24,32-33,36H,11-17,20-21H2,1-3H3. The number of methoxy groups -OCH3 is 2. The van der Waals surface area contributed by atoms with Gasteiger partial charge >= 0.3 is 0 Å². The van der Waals surface area contributed by atoms with E-state index in [2.05, 4.69) is 56.2 Å². The number of rotatable bonds is 12. The van der Waals surface area contributed by atoms with E-state index in [9.17, 15) is 9.66 Å². The molecule has 1 aliphatic rings. The van der Waals surface area contributed by atoms with E-state index in [4.69, 9.17) is 21.1 Å². The van der Waals surface area contributed by atoms with Crippen molar-refractivity contribution in [3.8, 4) is 17.6 Å². The fourth-order valence-electron chi connectivity index (χ4n) is 5.13. The van der Waals surface area contributed by atoms with E-state index in [1.165, 1.54) is 0 Å². The number of aliphatic hydroxyl groups excluding tert-OH is 1. The lowest BCUT2D eigenvalue weighted by Crippen LogP contribution is -2.43. The smallest absolute Gasteiger partial charge is 0.156 e. The molecule has 0 saturated carbocycles. The summed E-state index contributed by atoms with van der Waals surface area (Å²) >= 11 is 5.10. The molecule has 40 heavy (non-hydrogen) atoms. The maximum atomic E-state index is 11.8. The normalized spacial score (nSPS) is 15.8. The van der Waals surface area contributed by atoms with Crippen LogP contribution in [-0.2, 0) is 22.5 Å². The molecule has 0 aliphatic carbocycles. The van der Waals surface area contributed by atoms with Gasteiger partial charge in [-0.1, -0.05) is 12.0 Å². The molecule has 2 aromatic carbocycles. The Hall–Kier alpha value is -2.58. The molecule has 1 fully saturated rings. The molecule has 0 bridgehead atoms. The largest absolute Gasteiger partial charge is 0.612 e. The number of hydrogen-bond donors (Lipinski definition) is 3. The second-order valence-corrected chi connectivity index (χ2v) is 11.7. The zero-order chi connectivity index (χ0) is 28.5. The maximum Gasteiger partial charge on any atom is 0.156 e. The minimum Gasteiger partial charge on any atom is -0.612 e. The summed E-state index contributed by atoms with van der Waals surface area (Å²) < 4.78 is 24.5. The number of ether oxygens (including phenoxy) is 2. The van der Waals surface area contributed by atoms with Crippen molar-refractivity contribution in [2.45, 2.75) is 36.4 Å². The second-order valence-electron chi connectivity index (χ2n) is 9.91. The van der Waals surface area contributed by atoms with Crippen LogP contribution in [0.2, 0.25) is 0 Å². The topological polar surface area (TPSA) is 94.0 Å². The average molecular weight is 587 g/mol. The van der Waals surface area contributed by atoms with Crippen LogP contribution >= 0.6 is 11.6 Å². The summed E-state index contributed by atoms with van der Waals surface area (Å²) in [5.74, 6) is 7.68. The lowest BCUT2D eigenvalue weighted by molar-refractivity contribution is 0.0327. The molecule has 3 N–H and O–H groups in total. The zero-order valence-electron chi connectivity index (χ0n) is 23.4. The molecule has 2 unspecified atom stereocenters. The molecule has 4 rings (SSSR count). The SMILES string of the molecule is COCC(O)CN1CCC(Nc2cccc3c2cc(C#CCNc2ccc([S+](C)[O-])cc2OC)n3CCCl)CC1. The van der Waals surface area contributed by atoms with E-state index < -0.39 is 17.3 Å². The summed E-state index contributed by atoms with van der Waals surface area (Å²) in [6, 6.07) is 14.3. The van der Waals surface area contributed by atoms with Crippen molar-refractivity contribution in [3.63, 3.8) is 0 Å². The van der Waals surface area contributed by atoms with Gasteiger partial charge in [-0.3, -0.25) is 0 Å². The number of β-amino-alcohol motifs (C(OH)–C–C–N with tert-alkyl or cyclic N) is 1. The molecule has 0 amide bonds. The molecule has 2 heterocycles. The van der Waals surface area contributed by atoms with E-state index >= 15 is 0 Å². The van der Waals surface area contributed by atoms with Crippen LogP contribution in [0.3, 0.4) is 0 Å². The van der Waals surface area contributed by atoms with Crippen LogP contribution in [-0.4, -0.2) is 90.4 Å². The first-order valence-corrected chi connectivity index (χ1v) is 15.6. The summed E-state index contributed by atoms with van der Waals surface area (Å²) in [7, 11) is 3.21. The molecule has 1 aliphatic heterocycles. The van der Waals surface area contributed by atoms with Crippen LogP contribution in [0.5, 0.6) is 5.75 Å². The summed E-state index contributed by atoms with van der Waals surface area (Å²) in [4.78, 5) is 3.02. The molecule has 216 valence electrons. The van der Waals surface area contributed by atoms with Crippen molar-refractivity contribution in [3.05, 3.63) is 48.2 Å². The van der Waals surface area contributed by atoms with E-state index in [1.54, 1.807) is 26.5 Å². The lowest BCUT2D eigenvalue weighted by atomic mass is 10.0. The first kappa shape index (κ1) is 30.4. The quantitative estimate of drug-likeness (QED) is 0.168. The number of anilines is 2. The summed E-state index contributed by atoms with van der Waals surface area (Å²) in [6.07, 6.45) is 3.22. The Morgan fingerprint density at radius 3 is 2.67 bits per heavy atom. The van der Waals surface area contributed by atoms with Gasteiger partial charge in [0, 0.05) is 62.4 Å². The number of aryl methyl sites for hydroxylation is 1. The lowest BCUT2D eigenvalue weighted by Gasteiger charge is -2.34. The molecule has 0 radical (unpaired) electrons. The van der Waals surface area contributed by atoms with Crippen LogP contribution in [0.25, 0.3) is 10.9 Å². The maximum absolute atomic E-state index is 11.8. The van der Waals surface area contributed by atoms with Gasteiger partial charge in [-0.15, -0.1) is 11.6 Å². The van der Waals surface area contributed by atoms with Gasteiger partial charge in [0.05, 0.1) is 43.3 Å². The number of likely N-dealkylation sites (tertiary alicyclic amines) is 1. The van der Waals surface area contributed by atoms with Gasteiger partial charge in [0.15, 0.2) is 4.90 Å². The number of halogens is 1. The average Bonchev–Trinajstić information content (AvgIpc) is 3.30. The predicted octanol–water partition coefficient (Wildman–Crippen LogP) is 3.97. The van der Waals surface area contributed by atoms with Gasteiger partial charge in [-0.2, -0.15) is 0 Å². The van der Waals surface area contributed by atoms with Gasteiger partial charge in [0.25, 0.3) is 0 Å². The summed E-state index contributed by atoms with van der Waals surface area (Å²) in [5, 5.41) is 18.3. The minimum absolute atomic E-state index is 0.364. The molecule has 0 spiro atoms. The highest BCUT2D eigenvalue weighted by Crippen LogP contribution is 2.30. The van der Waals surface area contributed by atoms with Gasteiger partial charge in [-0.05, 0) is 60.3 Å². The Kier molecular flexibility index (Phi) is 11.3.